The van der Waals surface area contributed by atoms with Gasteiger partial charge in [-0.3, -0.25) is 9.59 Å². The molecule has 5 nitrogen and oxygen atoms in total. The second kappa shape index (κ2) is 5.88. The highest BCUT2D eigenvalue weighted by molar-refractivity contribution is 6.31. The van der Waals surface area contributed by atoms with Crippen molar-refractivity contribution in [3.63, 3.8) is 0 Å². The molecule has 0 saturated heterocycles. The van der Waals surface area contributed by atoms with Gasteiger partial charge in [0.05, 0.1) is 12.2 Å². The zero-order valence-electron chi connectivity index (χ0n) is 11.1. The van der Waals surface area contributed by atoms with Crippen molar-refractivity contribution in [2.45, 2.75) is 13.8 Å². The third kappa shape index (κ3) is 2.88. The van der Waals surface area contributed by atoms with E-state index < -0.39 is 0 Å². The Balaban J connectivity index is 2.72. The van der Waals surface area contributed by atoms with Crippen molar-refractivity contribution in [3.8, 4) is 17.0 Å². The molecular weight excluding hydrogens is 280 g/mol. The lowest BCUT2D eigenvalue weighted by molar-refractivity contribution is 0.101. The minimum absolute atomic E-state index is 0.126. The van der Waals surface area contributed by atoms with Gasteiger partial charge in [0.15, 0.2) is 5.78 Å². The molecule has 6 heteroatoms. The molecule has 1 heterocycles. The van der Waals surface area contributed by atoms with Crippen LogP contribution in [0.25, 0.3) is 11.1 Å². The number of halogens is 1. The van der Waals surface area contributed by atoms with Crippen LogP contribution in [0.5, 0.6) is 5.88 Å². The number of rotatable bonds is 4. The van der Waals surface area contributed by atoms with Gasteiger partial charge in [-0.15, -0.1) is 5.10 Å². The summed E-state index contributed by atoms with van der Waals surface area (Å²) in [5.41, 5.74) is 1.07. The zero-order valence-corrected chi connectivity index (χ0v) is 11.8. The first-order valence-electron chi connectivity index (χ1n) is 6.06. The minimum atomic E-state index is -0.377. The van der Waals surface area contributed by atoms with E-state index in [1.165, 1.54) is 13.0 Å². The molecule has 0 atom stereocenters. The van der Waals surface area contributed by atoms with E-state index in [9.17, 15) is 9.59 Å². The fourth-order valence-corrected chi connectivity index (χ4v) is 2.05. The second-order valence-electron chi connectivity index (χ2n) is 4.13. The molecule has 0 fully saturated rings. The van der Waals surface area contributed by atoms with Crippen LogP contribution in [0.1, 0.15) is 24.2 Å². The maximum absolute atomic E-state index is 11.7. The Kier molecular flexibility index (Phi) is 4.20. The summed E-state index contributed by atoms with van der Waals surface area (Å²) in [6.07, 6.45) is 0. The number of carbonyl (C=O) groups excluding carboxylic acids is 1. The number of nitrogens with one attached hydrogen (secondary N) is 1. The number of aromatic nitrogens is 2. The van der Waals surface area contributed by atoms with Gasteiger partial charge >= 0.3 is 0 Å². The molecule has 0 radical (unpaired) electrons. The molecule has 0 saturated carbocycles. The summed E-state index contributed by atoms with van der Waals surface area (Å²) in [4.78, 5) is 23.2. The van der Waals surface area contributed by atoms with Gasteiger partial charge in [-0.1, -0.05) is 11.6 Å². The van der Waals surface area contributed by atoms with Crippen LogP contribution in [0.15, 0.2) is 29.1 Å². The topological polar surface area (TPSA) is 72.0 Å². The number of nitrogens with zero attached hydrogens (tertiary/aromatic N) is 1. The first-order valence-corrected chi connectivity index (χ1v) is 6.44. The zero-order chi connectivity index (χ0) is 14.7. The third-order valence-corrected chi connectivity index (χ3v) is 2.94. The number of carbonyl (C=O) groups is 1. The summed E-state index contributed by atoms with van der Waals surface area (Å²) >= 11 is 5.98. The third-order valence-electron chi connectivity index (χ3n) is 2.71. The van der Waals surface area contributed by atoms with Crippen molar-refractivity contribution in [1.82, 2.24) is 10.2 Å². The fraction of sp³-hybridized carbons (Fsp3) is 0.214. The Morgan fingerprint density at radius 1 is 1.35 bits per heavy atom. The first kappa shape index (κ1) is 14.3. The van der Waals surface area contributed by atoms with Crippen LogP contribution in [0.4, 0.5) is 0 Å². The summed E-state index contributed by atoms with van der Waals surface area (Å²) in [5, 5.41) is 6.64. The number of benzene rings is 1. The number of ether oxygens (including phenoxy) is 1. The lowest BCUT2D eigenvalue weighted by Gasteiger charge is -2.11. The average Bonchev–Trinajstić information content (AvgIpc) is 2.40. The summed E-state index contributed by atoms with van der Waals surface area (Å²) in [6.45, 7) is 3.65. The van der Waals surface area contributed by atoms with Crippen molar-refractivity contribution >= 4 is 17.4 Å². The highest BCUT2D eigenvalue weighted by atomic mass is 35.5. The highest BCUT2D eigenvalue weighted by Gasteiger charge is 2.16. The molecule has 0 aliphatic carbocycles. The van der Waals surface area contributed by atoms with Gasteiger partial charge < -0.3 is 4.74 Å². The molecule has 1 N–H and O–H groups in total. The van der Waals surface area contributed by atoms with E-state index in [-0.39, 0.29) is 17.2 Å². The van der Waals surface area contributed by atoms with Gasteiger partial charge in [-0.2, -0.15) is 0 Å². The van der Waals surface area contributed by atoms with E-state index >= 15 is 0 Å². The quantitative estimate of drug-likeness (QED) is 0.879. The van der Waals surface area contributed by atoms with Crippen molar-refractivity contribution in [1.29, 1.82) is 0 Å². The van der Waals surface area contributed by atoms with Crippen LogP contribution in [0.3, 0.4) is 0 Å². The second-order valence-corrected chi connectivity index (χ2v) is 4.57. The number of H-pyrrole nitrogens is 1. The highest BCUT2D eigenvalue weighted by Crippen LogP contribution is 2.31. The smallest absolute Gasteiger partial charge is 0.265 e. The van der Waals surface area contributed by atoms with Gasteiger partial charge in [0, 0.05) is 16.7 Å². The van der Waals surface area contributed by atoms with Gasteiger partial charge in [-0.25, -0.2) is 5.10 Å². The van der Waals surface area contributed by atoms with E-state index in [2.05, 4.69) is 10.2 Å². The molecule has 0 bridgehead atoms. The Morgan fingerprint density at radius 2 is 2.10 bits per heavy atom. The molecule has 20 heavy (non-hydrogen) atoms. The van der Waals surface area contributed by atoms with Crippen molar-refractivity contribution in [2.75, 3.05) is 6.61 Å². The standard InChI is InChI=1S/C14H13ClN2O3/c1-3-20-14-12(7-13(19)16-17-14)11-6-9(15)4-5-10(11)8(2)18/h4-7H,3H2,1-2H3,(H,16,19). The maximum atomic E-state index is 11.7. The van der Waals surface area contributed by atoms with E-state index in [1.54, 1.807) is 25.1 Å². The summed E-state index contributed by atoms with van der Waals surface area (Å²) < 4.78 is 5.39. The van der Waals surface area contributed by atoms with E-state index in [1.807, 2.05) is 0 Å². The predicted molar refractivity (Wildman–Crippen MR) is 76.5 cm³/mol. The molecule has 104 valence electrons. The maximum Gasteiger partial charge on any atom is 0.265 e. The molecule has 1 aromatic heterocycles. The van der Waals surface area contributed by atoms with Crippen LogP contribution < -0.4 is 10.3 Å². The SMILES string of the molecule is CCOc1n[nH]c(=O)cc1-c1cc(Cl)ccc1C(C)=O. The molecule has 0 spiro atoms. The number of hydrogen-bond donors (Lipinski definition) is 1. The average molecular weight is 293 g/mol. The van der Waals surface area contributed by atoms with Crippen LogP contribution in [-0.4, -0.2) is 22.6 Å². The molecule has 0 unspecified atom stereocenters. The molecule has 2 aromatic rings. The van der Waals surface area contributed by atoms with Crippen LogP contribution in [0.2, 0.25) is 5.02 Å². The summed E-state index contributed by atoms with van der Waals surface area (Å²) in [7, 11) is 0. The molecular formula is C14H13ClN2O3. The summed E-state index contributed by atoms with van der Waals surface area (Å²) in [5.74, 6) is 0.135. The van der Waals surface area contributed by atoms with Gasteiger partial charge in [-0.05, 0) is 37.6 Å². The molecule has 1 aromatic carbocycles. The van der Waals surface area contributed by atoms with Gasteiger partial charge in [0.25, 0.3) is 5.56 Å². The number of aromatic amines is 1. The van der Waals surface area contributed by atoms with Crippen LogP contribution >= 0.6 is 11.6 Å². The lowest BCUT2D eigenvalue weighted by Crippen LogP contribution is -2.10. The van der Waals surface area contributed by atoms with Crippen LogP contribution in [-0.2, 0) is 0 Å². The normalized spacial score (nSPS) is 10.3. The van der Waals surface area contributed by atoms with E-state index in [4.69, 9.17) is 16.3 Å². The minimum Gasteiger partial charge on any atom is -0.477 e. The van der Waals surface area contributed by atoms with Gasteiger partial charge in [0.2, 0.25) is 5.88 Å². The van der Waals surface area contributed by atoms with Crippen LogP contribution in [0, 0.1) is 0 Å². The Labute approximate surface area is 120 Å². The van der Waals surface area contributed by atoms with E-state index in [0.29, 0.717) is 28.3 Å². The Hall–Kier alpha value is -2.14. The number of Topliss-reactive ketones (excluding diaryl/α,β-unsaturated/α-hetero) is 1. The fourth-order valence-electron chi connectivity index (χ4n) is 1.88. The first-order chi connectivity index (χ1) is 9.52. The molecule has 2 rings (SSSR count). The number of ketones is 1. The number of hydrogen-bond acceptors (Lipinski definition) is 4. The largest absolute Gasteiger partial charge is 0.477 e. The monoisotopic (exact) mass is 292 g/mol. The molecule has 0 amide bonds. The van der Waals surface area contributed by atoms with Crippen molar-refractivity contribution < 1.29 is 9.53 Å². The molecule has 0 aliphatic heterocycles. The lowest BCUT2D eigenvalue weighted by atomic mass is 9.98. The van der Waals surface area contributed by atoms with Gasteiger partial charge in [0.1, 0.15) is 0 Å². The molecule has 0 aliphatic rings. The Morgan fingerprint density at radius 3 is 2.75 bits per heavy atom. The Bertz CT molecular complexity index is 710. The van der Waals surface area contributed by atoms with Crippen molar-refractivity contribution in [3.05, 3.63) is 45.2 Å². The predicted octanol–water partition coefficient (Wildman–Crippen LogP) is 2.69. The summed E-state index contributed by atoms with van der Waals surface area (Å²) in [6, 6.07) is 6.22. The van der Waals surface area contributed by atoms with E-state index in [0.717, 1.165) is 0 Å². The van der Waals surface area contributed by atoms with Crippen molar-refractivity contribution in [2.24, 2.45) is 0 Å².